The largest absolute Gasteiger partial charge is 0.416 e. The molecule has 1 aromatic carbocycles. The van der Waals surface area contributed by atoms with Crippen LogP contribution in [0.1, 0.15) is 5.56 Å². The molecule has 0 atom stereocenters. The maximum Gasteiger partial charge on any atom is 0.416 e. The molecule has 1 N–H and O–H groups in total. The summed E-state index contributed by atoms with van der Waals surface area (Å²) in [4.78, 5) is 24.2. The first-order chi connectivity index (χ1) is 11.3. The Morgan fingerprint density at radius 1 is 1.21 bits per heavy atom. The van der Waals surface area contributed by atoms with Gasteiger partial charge in [-0.25, -0.2) is 0 Å². The second-order valence-electron chi connectivity index (χ2n) is 5.07. The Labute approximate surface area is 138 Å². The molecule has 0 fully saturated rings. The number of rotatable bonds is 3. The minimum Gasteiger partial charge on any atom is -0.325 e. The van der Waals surface area contributed by atoms with E-state index in [1.807, 2.05) is 0 Å². The molecule has 2 aromatic heterocycles. The molecule has 0 unspecified atom stereocenters. The molecule has 3 aromatic rings. The van der Waals surface area contributed by atoms with E-state index in [1.54, 1.807) is 17.5 Å². The topological polar surface area (TPSA) is 51.1 Å². The van der Waals surface area contributed by atoms with Crippen LogP contribution in [-0.4, -0.2) is 10.5 Å². The van der Waals surface area contributed by atoms with E-state index in [0.717, 1.165) is 16.8 Å². The predicted octanol–water partition coefficient (Wildman–Crippen LogP) is 3.72. The van der Waals surface area contributed by atoms with Crippen LogP contribution >= 0.6 is 11.3 Å². The molecule has 4 nitrogen and oxygen atoms in total. The summed E-state index contributed by atoms with van der Waals surface area (Å²) >= 11 is 1.42. The molecular formula is C16H11F3N2O2S. The van der Waals surface area contributed by atoms with Gasteiger partial charge < -0.3 is 9.88 Å². The number of nitrogens with one attached hydrogen (secondary N) is 1. The van der Waals surface area contributed by atoms with Crippen molar-refractivity contribution in [2.45, 2.75) is 12.7 Å². The van der Waals surface area contributed by atoms with E-state index in [1.165, 1.54) is 34.2 Å². The maximum absolute atomic E-state index is 12.7. The Morgan fingerprint density at radius 2 is 2.00 bits per heavy atom. The van der Waals surface area contributed by atoms with Gasteiger partial charge in [-0.05, 0) is 35.7 Å². The molecule has 3 rings (SSSR count). The van der Waals surface area contributed by atoms with Gasteiger partial charge in [0.2, 0.25) is 5.91 Å². The zero-order chi connectivity index (χ0) is 17.3. The number of fused-ring (bicyclic) bond motifs is 1. The average molecular weight is 352 g/mol. The molecular weight excluding hydrogens is 341 g/mol. The lowest BCUT2D eigenvalue weighted by Crippen LogP contribution is -2.27. The monoisotopic (exact) mass is 352 g/mol. The fraction of sp³-hybridized carbons (Fsp3) is 0.125. The van der Waals surface area contributed by atoms with Crippen molar-refractivity contribution in [1.29, 1.82) is 0 Å². The van der Waals surface area contributed by atoms with Gasteiger partial charge in [-0.1, -0.05) is 6.07 Å². The van der Waals surface area contributed by atoms with Crippen molar-refractivity contribution in [3.63, 3.8) is 0 Å². The van der Waals surface area contributed by atoms with E-state index < -0.39 is 17.6 Å². The van der Waals surface area contributed by atoms with Gasteiger partial charge in [0.15, 0.2) is 0 Å². The van der Waals surface area contributed by atoms with Gasteiger partial charge >= 0.3 is 6.18 Å². The summed E-state index contributed by atoms with van der Waals surface area (Å²) in [5.41, 5.74) is -1.13. The summed E-state index contributed by atoms with van der Waals surface area (Å²) in [6.07, 6.45) is -2.99. The van der Waals surface area contributed by atoms with Crippen LogP contribution in [0.25, 0.3) is 10.1 Å². The van der Waals surface area contributed by atoms with Crippen LogP contribution in [0.4, 0.5) is 18.9 Å². The minimum absolute atomic E-state index is 0.0273. The van der Waals surface area contributed by atoms with E-state index in [2.05, 4.69) is 5.32 Å². The molecule has 0 aliphatic carbocycles. The van der Waals surface area contributed by atoms with Crippen molar-refractivity contribution in [2.24, 2.45) is 0 Å². The summed E-state index contributed by atoms with van der Waals surface area (Å²) in [5.74, 6) is -0.578. The minimum atomic E-state index is -4.48. The highest BCUT2D eigenvalue weighted by Gasteiger charge is 2.30. The molecule has 2 heterocycles. The molecule has 8 heteroatoms. The lowest BCUT2D eigenvalue weighted by Gasteiger charge is -2.10. The number of pyridine rings is 1. The molecule has 0 bridgehead atoms. The van der Waals surface area contributed by atoms with Gasteiger partial charge in [0.25, 0.3) is 5.56 Å². The highest BCUT2D eigenvalue weighted by Crippen LogP contribution is 2.30. The number of hydrogen-bond donors (Lipinski definition) is 1. The van der Waals surface area contributed by atoms with Crippen LogP contribution < -0.4 is 10.9 Å². The Balaban J connectivity index is 1.78. The van der Waals surface area contributed by atoms with Gasteiger partial charge in [-0.15, -0.1) is 11.3 Å². The normalized spacial score (nSPS) is 11.6. The maximum atomic E-state index is 12.7. The average Bonchev–Trinajstić information content (AvgIpc) is 2.99. The number of carbonyl (C=O) groups is 1. The second kappa shape index (κ2) is 6.12. The number of thiophene rings is 1. The van der Waals surface area contributed by atoms with Crippen molar-refractivity contribution in [2.75, 3.05) is 5.32 Å². The summed E-state index contributed by atoms with van der Waals surface area (Å²) in [6, 6.07) is 7.73. The molecule has 1 amide bonds. The number of aromatic nitrogens is 1. The summed E-state index contributed by atoms with van der Waals surface area (Å²) in [5, 5.41) is 4.66. The third-order valence-corrected chi connectivity index (χ3v) is 4.26. The number of alkyl halides is 3. The highest BCUT2D eigenvalue weighted by molar-refractivity contribution is 7.17. The first kappa shape index (κ1) is 16.3. The van der Waals surface area contributed by atoms with Crippen LogP contribution in [-0.2, 0) is 17.5 Å². The molecule has 0 radical (unpaired) electrons. The smallest absolute Gasteiger partial charge is 0.325 e. The number of amides is 1. The fourth-order valence-corrected chi connectivity index (χ4v) is 3.03. The Bertz CT molecular complexity index is 960. The van der Waals surface area contributed by atoms with Crippen molar-refractivity contribution in [3.8, 4) is 0 Å². The standard InChI is InChI=1S/C16H11F3N2O2S/c17-16(18,19)10-2-1-3-11(8-10)20-14(22)9-21-6-4-13-12(15(21)23)5-7-24-13/h1-8H,9H2,(H,20,22). The molecule has 24 heavy (non-hydrogen) atoms. The number of halogens is 3. The van der Waals surface area contributed by atoms with Gasteiger partial charge in [0, 0.05) is 16.6 Å². The Morgan fingerprint density at radius 3 is 2.75 bits per heavy atom. The molecule has 0 spiro atoms. The van der Waals surface area contributed by atoms with Gasteiger partial charge in [0.1, 0.15) is 6.54 Å². The number of nitrogens with zero attached hydrogens (tertiary/aromatic N) is 1. The van der Waals surface area contributed by atoms with Crippen molar-refractivity contribution in [3.05, 3.63) is 63.9 Å². The Kier molecular flexibility index (Phi) is 4.15. The highest BCUT2D eigenvalue weighted by atomic mass is 32.1. The zero-order valence-electron chi connectivity index (χ0n) is 12.1. The molecule has 124 valence electrons. The van der Waals surface area contributed by atoms with E-state index in [9.17, 15) is 22.8 Å². The van der Waals surface area contributed by atoms with Crippen molar-refractivity contribution < 1.29 is 18.0 Å². The zero-order valence-corrected chi connectivity index (χ0v) is 12.9. The molecule has 0 saturated carbocycles. The third-order valence-electron chi connectivity index (χ3n) is 3.38. The molecule has 0 saturated heterocycles. The van der Waals surface area contributed by atoms with Crippen LogP contribution in [0.2, 0.25) is 0 Å². The van der Waals surface area contributed by atoms with Crippen LogP contribution in [0.5, 0.6) is 0 Å². The van der Waals surface area contributed by atoms with Crippen molar-refractivity contribution >= 4 is 33.0 Å². The van der Waals surface area contributed by atoms with Crippen LogP contribution in [0, 0.1) is 0 Å². The van der Waals surface area contributed by atoms with Crippen LogP contribution in [0.15, 0.2) is 52.8 Å². The molecule has 0 aliphatic rings. The SMILES string of the molecule is O=C(Cn1ccc2sccc2c1=O)Nc1cccc(C(F)(F)F)c1. The third kappa shape index (κ3) is 3.33. The lowest BCUT2D eigenvalue weighted by atomic mass is 10.2. The summed E-state index contributed by atoms with van der Waals surface area (Å²) in [6.45, 7) is -0.277. The van der Waals surface area contributed by atoms with Gasteiger partial charge in [-0.3, -0.25) is 9.59 Å². The van der Waals surface area contributed by atoms with E-state index in [0.29, 0.717) is 5.39 Å². The predicted molar refractivity (Wildman–Crippen MR) is 86.2 cm³/mol. The van der Waals surface area contributed by atoms with Crippen LogP contribution in [0.3, 0.4) is 0 Å². The number of benzene rings is 1. The number of anilines is 1. The lowest BCUT2D eigenvalue weighted by molar-refractivity contribution is -0.137. The van der Waals surface area contributed by atoms with E-state index in [-0.39, 0.29) is 17.8 Å². The first-order valence-corrected chi connectivity index (χ1v) is 7.76. The van der Waals surface area contributed by atoms with Gasteiger partial charge in [0.05, 0.1) is 10.9 Å². The fourth-order valence-electron chi connectivity index (χ4n) is 2.26. The van der Waals surface area contributed by atoms with Gasteiger partial charge in [-0.2, -0.15) is 13.2 Å². The summed E-state index contributed by atoms with van der Waals surface area (Å²) in [7, 11) is 0. The number of carbonyl (C=O) groups excluding carboxylic acids is 1. The van der Waals surface area contributed by atoms with E-state index >= 15 is 0 Å². The van der Waals surface area contributed by atoms with Crippen molar-refractivity contribution in [1.82, 2.24) is 4.57 Å². The number of hydrogen-bond acceptors (Lipinski definition) is 3. The molecule has 0 aliphatic heterocycles. The quantitative estimate of drug-likeness (QED) is 0.781. The Hall–Kier alpha value is -2.61. The first-order valence-electron chi connectivity index (χ1n) is 6.88. The second-order valence-corrected chi connectivity index (χ2v) is 6.02. The summed E-state index contributed by atoms with van der Waals surface area (Å²) < 4.78 is 40.0. The van der Waals surface area contributed by atoms with E-state index in [4.69, 9.17) is 0 Å².